The molecule has 1 aromatic heterocycles. The molecule has 162 valence electrons. The van der Waals surface area contributed by atoms with Crippen molar-refractivity contribution in [3.8, 4) is 5.75 Å². The highest BCUT2D eigenvalue weighted by atomic mass is 19.3. The molecule has 0 bridgehead atoms. The molecule has 0 saturated heterocycles. The fraction of sp³-hybridized carbons (Fsp3) is 0.227. The number of carbonyl (C=O) groups is 1. The average Bonchev–Trinajstić information content (AvgIpc) is 2.75. The Bertz CT molecular complexity index is 1090. The number of halogens is 2. The fourth-order valence-corrected chi connectivity index (χ4v) is 2.93. The van der Waals surface area contributed by atoms with Gasteiger partial charge in [-0.2, -0.15) is 13.9 Å². The topological polar surface area (TPSA) is 82.5 Å². The van der Waals surface area contributed by atoms with Crippen LogP contribution in [0.3, 0.4) is 0 Å². The number of hydrogen-bond donors (Lipinski definition) is 1. The quantitative estimate of drug-likeness (QED) is 0.564. The van der Waals surface area contributed by atoms with Gasteiger partial charge in [-0.15, -0.1) is 0 Å². The largest absolute Gasteiger partial charge is 0.435 e. The monoisotopic (exact) mass is 429 g/mol. The number of hydrogen-bond acceptors (Lipinski definition) is 5. The zero-order valence-corrected chi connectivity index (χ0v) is 16.8. The zero-order valence-electron chi connectivity index (χ0n) is 16.8. The van der Waals surface area contributed by atoms with Crippen LogP contribution in [0.15, 0.2) is 65.5 Å². The molecule has 0 unspecified atom stereocenters. The molecule has 1 amide bonds. The van der Waals surface area contributed by atoms with Crippen LogP contribution in [0.2, 0.25) is 0 Å². The van der Waals surface area contributed by atoms with E-state index in [-0.39, 0.29) is 30.2 Å². The molecule has 3 rings (SSSR count). The van der Waals surface area contributed by atoms with Crippen molar-refractivity contribution >= 4 is 11.6 Å². The number of benzene rings is 2. The van der Waals surface area contributed by atoms with Crippen molar-refractivity contribution < 1.29 is 23.0 Å². The van der Waals surface area contributed by atoms with E-state index in [2.05, 4.69) is 15.2 Å². The number of alkyl halides is 2. The summed E-state index contributed by atoms with van der Waals surface area (Å²) in [6.07, 6.45) is 0.340. The number of amides is 1. The minimum absolute atomic E-state index is 0.0306. The Morgan fingerprint density at radius 3 is 2.61 bits per heavy atom. The molecule has 0 fully saturated rings. The SMILES string of the molecule is COCCn1nc(C(=O)Nc2ccc(OC(F)F)c(Cc3ccccc3)c2)ccc1=O. The molecule has 0 aliphatic heterocycles. The standard InChI is InChI=1S/C22H21F2N3O4/c1-30-12-11-27-20(28)10-8-18(26-27)21(29)25-17-7-9-19(31-22(23)24)16(14-17)13-15-5-3-2-4-6-15/h2-10,14,22H,11-13H2,1H3,(H,25,29). The summed E-state index contributed by atoms with van der Waals surface area (Å²) < 4.78 is 36.3. The summed E-state index contributed by atoms with van der Waals surface area (Å²) in [5.74, 6) is -0.512. The van der Waals surface area contributed by atoms with Crippen LogP contribution in [0.1, 0.15) is 21.6 Å². The molecular formula is C22H21F2N3O4. The molecule has 0 spiro atoms. The maximum atomic E-state index is 12.8. The smallest absolute Gasteiger partial charge is 0.387 e. The number of methoxy groups -OCH3 is 1. The summed E-state index contributed by atoms with van der Waals surface area (Å²) in [7, 11) is 1.50. The van der Waals surface area contributed by atoms with Crippen LogP contribution < -0.4 is 15.6 Å². The van der Waals surface area contributed by atoms with Crippen molar-refractivity contribution in [2.24, 2.45) is 0 Å². The number of carbonyl (C=O) groups excluding carboxylic acids is 1. The van der Waals surface area contributed by atoms with Gasteiger partial charge in [0.05, 0.1) is 13.2 Å². The first-order valence-electron chi connectivity index (χ1n) is 9.46. The maximum Gasteiger partial charge on any atom is 0.387 e. The van der Waals surface area contributed by atoms with Crippen molar-refractivity contribution in [2.75, 3.05) is 19.0 Å². The van der Waals surface area contributed by atoms with Crippen molar-refractivity contribution in [1.82, 2.24) is 9.78 Å². The summed E-state index contributed by atoms with van der Waals surface area (Å²) in [6, 6.07) is 16.3. The van der Waals surface area contributed by atoms with Crippen LogP contribution in [0.25, 0.3) is 0 Å². The Morgan fingerprint density at radius 2 is 1.90 bits per heavy atom. The van der Waals surface area contributed by atoms with Crippen LogP contribution in [0, 0.1) is 0 Å². The molecule has 0 aliphatic rings. The van der Waals surface area contributed by atoms with Crippen molar-refractivity contribution in [3.05, 3.63) is 87.8 Å². The fourth-order valence-electron chi connectivity index (χ4n) is 2.93. The van der Waals surface area contributed by atoms with Crippen molar-refractivity contribution in [1.29, 1.82) is 0 Å². The second-order valence-electron chi connectivity index (χ2n) is 6.59. The highest BCUT2D eigenvalue weighted by molar-refractivity contribution is 6.02. The number of rotatable bonds is 9. The minimum Gasteiger partial charge on any atom is -0.435 e. The van der Waals surface area contributed by atoms with Crippen LogP contribution >= 0.6 is 0 Å². The summed E-state index contributed by atoms with van der Waals surface area (Å²) in [5, 5.41) is 6.72. The van der Waals surface area contributed by atoms with E-state index in [0.717, 1.165) is 10.2 Å². The van der Waals surface area contributed by atoms with E-state index in [4.69, 9.17) is 4.74 Å². The zero-order chi connectivity index (χ0) is 22.2. The van der Waals surface area contributed by atoms with Crippen molar-refractivity contribution in [3.63, 3.8) is 0 Å². The first-order chi connectivity index (χ1) is 15.0. The molecular weight excluding hydrogens is 408 g/mol. The van der Waals surface area contributed by atoms with Gasteiger partial charge in [0.25, 0.3) is 11.5 Å². The summed E-state index contributed by atoms with van der Waals surface area (Å²) in [6.45, 7) is -2.49. The Balaban J connectivity index is 1.83. The predicted molar refractivity (Wildman–Crippen MR) is 111 cm³/mol. The molecule has 3 aromatic rings. The van der Waals surface area contributed by atoms with Gasteiger partial charge < -0.3 is 14.8 Å². The first kappa shape index (κ1) is 22.1. The molecule has 0 saturated carbocycles. The highest BCUT2D eigenvalue weighted by Crippen LogP contribution is 2.27. The van der Waals surface area contributed by atoms with E-state index in [9.17, 15) is 18.4 Å². The lowest BCUT2D eigenvalue weighted by Gasteiger charge is -2.14. The Kier molecular flexibility index (Phi) is 7.45. The van der Waals surface area contributed by atoms with E-state index >= 15 is 0 Å². The molecule has 0 radical (unpaired) electrons. The van der Waals surface area contributed by atoms with Gasteiger partial charge in [-0.3, -0.25) is 9.59 Å². The third kappa shape index (κ3) is 6.19. The normalized spacial score (nSPS) is 10.8. The molecule has 0 aliphatic carbocycles. The van der Waals surface area contributed by atoms with E-state index in [0.29, 0.717) is 17.7 Å². The van der Waals surface area contributed by atoms with Crippen LogP contribution in [0.4, 0.5) is 14.5 Å². The Morgan fingerprint density at radius 1 is 1.13 bits per heavy atom. The minimum atomic E-state index is -2.97. The van der Waals surface area contributed by atoms with Gasteiger partial charge in [0.2, 0.25) is 0 Å². The van der Waals surface area contributed by atoms with Gasteiger partial charge in [-0.1, -0.05) is 30.3 Å². The molecule has 7 nitrogen and oxygen atoms in total. The Labute approximate surface area is 177 Å². The predicted octanol–water partition coefficient (Wildman–Crippen LogP) is 3.33. The van der Waals surface area contributed by atoms with E-state index < -0.39 is 12.5 Å². The number of anilines is 1. The molecule has 31 heavy (non-hydrogen) atoms. The second-order valence-corrected chi connectivity index (χ2v) is 6.59. The third-order valence-electron chi connectivity index (χ3n) is 4.38. The van der Waals surface area contributed by atoms with Crippen LogP contribution in [-0.2, 0) is 17.7 Å². The summed E-state index contributed by atoms with van der Waals surface area (Å²) >= 11 is 0. The lowest BCUT2D eigenvalue weighted by atomic mass is 10.0. The van der Waals surface area contributed by atoms with E-state index in [1.807, 2.05) is 30.3 Å². The van der Waals surface area contributed by atoms with Crippen molar-refractivity contribution in [2.45, 2.75) is 19.6 Å². The number of ether oxygens (including phenoxy) is 2. The van der Waals surface area contributed by atoms with Gasteiger partial charge in [0.15, 0.2) is 0 Å². The number of nitrogens with one attached hydrogen (secondary N) is 1. The van der Waals surface area contributed by atoms with Gasteiger partial charge in [-0.05, 0) is 29.8 Å². The lowest BCUT2D eigenvalue weighted by molar-refractivity contribution is -0.0503. The van der Waals surface area contributed by atoms with E-state index in [1.54, 1.807) is 6.07 Å². The second kappa shape index (κ2) is 10.4. The third-order valence-corrected chi connectivity index (χ3v) is 4.38. The first-order valence-corrected chi connectivity index (χ1v) is 9.46. The van der Waals surface area contributed by atoms with Crippen LogP contribution in [0.5, 0.6) is 5.75 Å². The van der Waals surface area contributed by atoms with Crippen LogP contribution in [-0.4, -0.2) is 36.0 Å². The molecule has 9 heteroatoms. The van der Waals surface area contributed by atoms with Gasteiger partial charge in [0, 0.05) is 30.8 Å². The molecule has 2 aromatic carbocycles. The van der Waals surface area contributed by atoms with Gasteiger partial charge in [-0.25, -0.2) is 4.68 Å². The summed E-state index contributed by atoms with van der Waals surface area (Å²) in [4.78, 5) is 24.5. The van der Waals surface area contributed by atoms with Gasteiger partial charge in [0.1, 0.15) is 11.4 Å². The maximum absolute atomic E-state index is 12.8. The van der Waals surface area contributed by atoms with E-state index in [1.165, 1.54) is 31.4 Å². The number of nitrogens with zero attached hydrogens (tertiary/aromatic N) is 2. The lowest BCUT2D eigenvalue weighted by Crippen LogP contribution is -2.27. The van der Waals surface area contributed by atoms with Gasteiger partial charge >= 0.3 is 6.61 Å². The molecule has 0 atom stereocenters. The molecule has 1 N–H and O–H groups in total. The average molecular weight is 429 g/mol. The molecule has 1 heterocycles. The highest BCUT2D eigenvalue weighted by Gasteiger charge is 2.14. The number of aromatic nitrogens is 2. The summed E-state index contributed by atoms with van der Waals surface area (Å²) in [5.41, 5.74) is 1.45. The Hall–Kier alpha value is -3.59.